The Hall–Kier alpha value is -0.830. The molecule has 0 aliphatic heterocycles. The van der Waals surface area contributed by atoms with Crippen molar-refractivity contribution in [3.8, 4) is 0 Å². The van der Waals surface area contributed by atoms with Gasteiger partial charge in [0.2, 0.25) is 0 Å². The molecule has 0 saturated heterocycles. The van der Waals surface area contributed by atoms with Crippen LogP contribution in [-0.2, 0) is 13.5 Å². The monoisotopic (exact) mass is 249 g/mol. The van der Waals surface area contributed by atoms with Gasteiger partial charge in [-0.1, -0.05) is 26.2 Å². The Labute approximate surface area is 111 Å². The van der Waals surface area contributed by atoms with E-state index in [1.165, 1.54) is 37.8 Å². The van der Waals surface area contributed by atoms with Crippen LogP contribution < -0.4 is 5.73 Å². The minimum atomic E-state index is 0.319. The maximum atomic E-state index is 6.13. The summed E-state index contributed by atoms with van der Waals surface area (Å²) in [6, 6.07) is 2.22. The fourth-order valence-electron chi connectivity index (χ4n) is 3.56. The molecule has 2 unspecified atom stereocenters. The van der Waals surface area contributed by atoms with Crippen molar-refractivity contribution in [1.29, 1.82) is 0 Å². The Balaban J connectivity index is 2.15. The first-order valence-corrected chi connectivity index (χ1v) is 7.28. The number of nitrogens with two attached hydrogens (primary N) is 1. The van der Waals surface area contributed by atoms with Crippen molar-refractivity contribution in [3.05, 3.63) is 17.5 Å². The summed E-state index contributed by atoms with van der Waals surface area (Å²) in [5.74, 6) is 0.872. The van der Waals surface area contributed by atoms with E-state index in [0.29, 0.717) is 5.41 Å². The zero-order chi connectivity index (χ0) is 13.2. The van der Waals surface area contributed by atoms with Gasteiger partial charge in [-0.25, -0.2) is 0 Å². The molecule has 0 bridgehead atoms. The highest BCUT2D eigenvalue weighted by Crippen LogP contribution is 2.42. The predicted octanol–water partition coefficient (Wildman–Crippen LogP) is 2.82. The first-order chi connectivity index (χ1) is 8.58. The maximum absolute atomic E-state index is 6.13. The van der Waals surface area contributed by atoms with E-state index in [0.717, 1.165) is 24.6 Å². The third-order valence-electron chi connectivity index (χ3n) is 4.71. The van der Waals surface area contributed by atoms with Crippen LogP contribution in [0.1, 0.15) is 50.4 Å². The second kappa shape index (κ2) is 5.43. The Morgan fingerprint density at radius 2 is 2.33 bits per heavy atom. The zero-order valence-electron chi connectivity index (χ0n) is 12.1. The van der Waals surface area contributed by atoms with Gasteiger partial charge in [-0.05, 0) is 50.1 Å². The minimum absolute atomic E-state index is 0.319. The first kappa shape index (κ1) is 13.6. The van der Waals surface area contributed by atoms with Crippen LogP contribution >= 0.6 is 0 Å². The zero-order valence-corrected chi connectivity index (χ0v) is 12.1. The average molecular weight is 249 g/mol. The highest BCUT2D eigenvalue weighted by molar-refractivity contribution is 5.11. The number of aromatic nitrogens is 2. The molecule has 0 spiro atoms. The fraction of sp³-hybridized carbons (Fsp3) is 0.800. The van der Waals surface area contributed by atoms with Gasteiger partial charge in [0.1, 0.15) is 0 Å². The van der Waals surface area contributed by atoms with Crippen molar-refractivity contribution >= 4 is 0 Å². The molecular weight excluding hydrogens is 222 g/mol. The van der Waals surface area contributed by atoms with E-state index in [-0.39, 0.29) is 0 Å². The summed E-state index contributed by atoms with van der Waals surface area (Å²) in [4.78, 5) is 0. The van der Waals surface area contributed by atoms with Crippen LogP contribution in [0.15, 0.2) is 6.07 Å². The van der Waals surface area contributed by atoms with Crippen molar-refractivity contribution in [2.45, 2.75) is 52.4 Å². The van der Waals surface area contributed by atoms with Crippen molar-refractivity contribution in [2.75, 3.05) is 6.54 Å². The van der Waals surface area contributed by atoms with E-state index >= 15 is 0 Å². The van der Waals surface area contributed by atoms with Crippen LogP contribution in [0.2, 0.25) is 0 Å². The molecule has 102 valence electrons. The van der Waals surface area contributed by atoms with E-state index in [1.54, 1.807) is 0 Å². The Morgan fingerprint density at radius 3 is 2.89 bits per heavy atom. The molecule has 1 saturated carbocycles. The molecule has 1 aliphatic carbocycles. The van der Waals surface area contributed by atoms with Crippen molar-refractivity contribution < 1.29 is 0 Å². The molecule has 0 aromatic carbocycles. The van der Waals surface area contributed by atoms with Gasteiger partial charge in [0, 0.05) is 12.7 Å². The molecule has 1 aliphatic rings. The van der Waals surface area contributed by atoms with Gasteiger partial charge in [0.25, 0.3) is 0 Å². The average Bonchev–Trinajstić information content (AvgIpc) is 2.68. The molecule has 1 aromatic heterocycles. The van der Waals surface area contributed by atoms with Gasteiger partial charge in [-0.3, -0.25) is 4.68 Å². The maximum Gasteiger partial charge on any atom is 0.0596 e. The van der Waals surface area contributed by atoms with Crippen LogP contribution in [0.25, 0.3) is 0 Å². The molecule has 0 amide bonds. The summed E-state index contributed by atoms with van der Waals surface area (Å²) in [6.07, 6.45) is 7.70. The van der Waals surface area contributed by atoms with E-state index in [9.17, 15) is 0 Å². The van der Waals surface area contributed by atoms with Crippen LogP contribution in [0.4, 0.5) is 0 Å². The van der Waals surface area contributed by atoms with Crippen LogP contribution in [0, 0.1) is 18.3 Å². The third kappa shape index (κ3) is 2.77. The highest BCUT2D eigenvalue weighted by atomic mass is 15.3. The number of hydrogen-bond acceptors (Lipinski definition) is 2. The quantitative estimate of drug-likeness (QED) is 0.891. The molecular formula is C15H27N3. The molecule has 1 heterocycles. The topological polar surface area (TPSA) is 43.8 Å². The molecule has 3 nitrogen and oxygen atoms in total. The van der Waals surface area contributed by atoms with Crippen LogP contribution in [0.3, 0.4) is 0 Å². The molecule has 2 rings (SSSR count). The lowest BCUT2D eigenvalue weighted by Gasteiger charge is -2.40. The van der Waals surface area contributed by atoms with Gasteiger partial charge in [0.05, 0.1) is 5.69 Å². The third-order valence-corrected chi connectivity index (χ3v) is 4.71. The summed E-state index contributed by atoms with van der Waals surface area (Å²) in [6.45, 7) is 5.19. The number of aryl methyl sites for hydroxylation is 2. The predicted molar refractivity (Wildman–Crippen MR) is 75.4 cm³/mol. The van der Waals surface area contributed by atoms with Crippen molar-refractivity contribution in [2.24, 2.45) is 24.1 Å². The second-order valence-electron chi connectivity index (χ2n) is 6.15. The highest BCUT2D eigenvalue weighted by Gasteiger charge is 2.35. The molecule has 3 heteroatoms. The minimum Gasteiger partial charge on any atom is -0.330 e. The molecule has 1 aromatic rings. The molecule has 18 heavy (non-hydrogen) atoms. The van der Waals surface area contributed by atoms with Crippen LogP contribution in [-0.4, -0.2) is 16.3 Å². The Kier molecular flexibility index (Phi) is 4.10. The number of nitrogens with zero attached hydrogens (tertiary/aromatic N) is 2. The lowest BCUT2D eigenvalue weighted by atomic mass is 9.66. The smallest absolute Gasteiger partial charge is 0.0596 e. The van der Waals surface area contributed by atoms with Crippen molar-refractivity contribution in [3.63, 3.8) is 0 Å². The van der Waals surface area contributed by atoms with E-state index in [1.807, 2.05) is 11.7 Å². The van der Waals surface area contributed by atoms with Gasteiger partial charge < -0.3 is 5.73 Å². The van der Waals surface area contributed by atoms with E-state index < -0.39 is 0 Å². The summed E-state index contributed by atoms with van der Waals surface area (Å²) in [7, 11) is 2.05. The molecule has 2 N–H and O–H groups in total. The van der Waals surface area contributed by atoms with E-state index in [4.69, 9.17) is 5.73 Å². The molecule has 1 fully saturated rings. The van der Waals surface area contributed by atoms with Gasteiger partial charge in [0.15, 0.2) is 0 Å². The van der Waals surface area contributed by atoms with Crippen LogP contribution in [0.5, 0.6) is 0 Å². The second-order valence-corrected chi connectivity index (χ2v) is 6.15. The molecule has 2 atom stereocenters. The summed E-state index contributed by atoms with van der Waals surface area (Å²) < 4.78 is 2.03. The lowest BCUT2D eigenvalue weighted by Crippen LogP contribution is -2.38. The summed E-state index contributed by atoms with van der Waals surface area (Å²) in [5.41, 5.74) is 8.90. The normalized spacial score (nSPS) is 28.6. The van der Waals surface area contributed by atoms with Gasteiger partial charge >= 0.3 is 0 Å². The largest absolute Gasteiger partial charge is 0.330 e. The number of hydrogen-bond donors (Lipinski definition) is 1. The summed E-state index contributed by atoms with van der Waals surface area (Å²) >= 11 is 0. The Morgan fingerprint density at radius 1 is 1.56 bits per heavy atom. The van der Waals surface area contributed by atoms with Gasteiger partial charge in [-0.15, -0.1) is 0 Å². The summed E-state index contributed by atoms with van der Waals surface area (Å²) in [5, 5.41) is 4.46. The SMILES string of the molecule is CCC1CCCC(CN)(Cc2cc(C)nn2C)C1. The van der Waals surface area contributed by atoms with Crippen molar-refractivity contribution in [1.82, 2.24) is 9.78 Å². The number of rotatable bonds is 4. The lowest BCUT2D eigenvalue weighted by molar-refractivity contribution is 0.140. The first-order valence-electron chi connectivity index (χ1n) is 7.28. The fourth-order valence-corrected chi connectivity index (χ4v) is 3.56. The van der Waals surface area contributed by atoms with Gasteiger partial charge in [-0.2, -0.15) is 5.10 Å². The molecule has 0 radical (unpaired) electrons. The standard InChI is InChI=1S/C15H27N3/c1-4-13-6-5-7-15(9-13,11-16)10-14-8-12(2)17-18(14)3/h8,13H,4-7,9-11,16H2,1-3H3. The Bertz CT molecular complexity index is 396. The van der Waals surface area contributed by atoms with E-state index in [2.05, 4.69) is 25.0 Å².